The first-order valence-electron chi connectivity index (χ1n) is 9.32. The highest BCUT2D eigenvalue weighted by Crippen LogP contribution is 2.37. The van der Waals surface area contributed by atoms with E-state index < -0.39 is 17.8 Å². The van der Waals surface area contributed by atoms with Crippen LogP contribution in [-0.2, 0) is 17.4 Å². The van der Waals surface area contributed by atoms with Gasteiger partial charge in [-0.3, -0.25) is 0 Å². The molecular formula is C22H19F3N4O2. The molecule has 2 aromatic heterocycles. The molecule has 0 amide bonds. The number of carbonyl (C=O) groups is 1. The molecule has 0 aliphatic carbocycles. The number of alkyl halides is 3. The molecule has 31 heavy (non-hydrogen) atoms. The van der Waals surface area contributed by atoms with Crippen molar-refractivity contribution in [2.24, 2.45) is 0 Å². The molecule has 0 bridgehead atoms. The Hall–Kier alpha value is -3.75. The lowest BCUT2D eigenvalue weighted by molar-refractivity contribution is -0.141. The molecule has 0 fully saturated rings. The molecule has 0 spiro atoms. The van der Waals surface area contributed by atoms with Gasteiger partial charge in [0.1, 0.15) is 5.69 Å². The van der Waals surface area contributed by atoms with Crippen LogP contribution in [0.1, 0.15) is 23.5 Å². The average Bonchev–Trinajstić information content (AvgIpc) is 2.70. The Balaban J connectivity index is 2.23. The van der Waals surface area contributed by atoms with Crippen LogP contribution >= 0.6 is 0 Å². The third kappa shape index (κ3) is 5.44. The van der Waals surface area contributed by atoms with Crippen molar-refractivity contribution in [3.8, 4) is 22.4 Å². The number of hydrogen-bond acceptors (Lipinski definition) is 5. The van der Waals surface area contributed by atoms with Gasteiger partial charge in [-0.15, -0.1) is 0 Å². The van der Waals surface area contributed by atoms with Crippen LogP contribution in [-0.4, -0.2) is 26.0 Å². The number of halogens is 3. The van der Waals surface area contributed by atoms with Crippen molar-refractivity contribution in [2.45, 2.75) is 25.9 Å². The molecule has 3 aromatic rings. The minimum atomic E-state index is -4.62. The van der Waals surface area contributed by atoms with Crippen LogP contribution in [0.25, 0.3) is 22.4 Å². The van der Waals surface area contributed by atoms with E-state index in [1.54, 1.807) is 24.3 Å². The van der Waals surface area contributed by atoms with Crippen LogP contribution in [0.15, 0.2) is 54.6 Å². The van der Waals surface area contributed by atoms with Gasteiger partial charge in [-0.2, -0.15) is 13.2 Å². The molecule has 3 N–H and O–H groups in total. The summed E-state index contributed by atoms with van der Waals surface area (Å²) in [6, 6.07) is 11.4. The Bertz CT molecular complexity index is 1130. The molecule has 0 aliphatic heterocycles. The van der Waals surface area contributed by atoms with Gasteiger partial charge < -0.3 is 10.8 Å². The van der Waals surface area contributed by atoms with Crippen molar-refractivity contribution in [3.05, 3.63) is 71.7 Å². The van der Waals surface area contributed by atoms with Gasteiger partial charge in [0.25, 0.3) is 0 Å². The largest absolute Gasteiger partial charge is 0.478 e. The van der Waals surface area contributed by atoms with Crippen molar-refractivity contribution < 1.29 is 23.1 Å². The lowest BCUT2D eigenvalue weighted by Gasteiger charge is -2.16. The van der Waals surface area contributed by atoms with Gasteiger partial charge in [-0.1, -0.05) is 36.4 Å². The van der Waals surface area contributed by atoms with Gasteiger partial charge in [-0.05, 0) is 37.5 Å². The standard InChI is InChI=1S/C22H19F3N4O2/c1-13-11-15(12-17(27-13)22(23,24)25)19-16(9-5-6-10-18(30)31)28-21(26)29-20(19)14-7-3-2-4-8-14/h2-4,6-8,10-12H,5,9H2,1H3,(H,30,31)(H2,26,28,29). The number of nitrogens with two attached hydrogens (primary N) is 1. The molecular weight excluding hydrogens is 409 g/mol. The van der Waals surface area contributed by atoms with Crippen LogP contribution in [0, 0.1) is 6.92 Å². The fourth-order valence-corrected chi connectivity index (χ4v) is 3.18. The number of rotatable bonds is 6. The zero-order valence-electron chi connectivity index (χ0n) is 16.5. The molecule has 0 saturated carbocycles. The maximum Gasteiger partial charge on any atom is 0.433 e. The summed E-state index contributed by atoms with van der Waals surface area (Å²) in [5.41, 5.74) is 7.21. The second kappa shape index (κ2) is 8.95. The van der Waals surface area contributed by atoms with E-state index in [9.17, 15) is 18.0 Å². The van der Waals surface area contributed by atoms with Gasteiger partial charge in [0.05, 0.1) is 11.4 Å². The van der Waals surface area contributed by atoms with Crippen LogP contribution < -0.4 is 5.73 Å². The highest BCUT2D eigenvalue weighted by molar-refractivity contribution is 5.83. The smallest absolute Gasteiger partial charge is 0.433 e. The number of aryl methyl sites for hydroxylation is 2. The molecule has 0 unspecified atom stereocenters. The monoisotopic (exact) mass is 428 g/mol. The summed E-state index contributed by atoms with van der Waals surface area (Å²) < 4.78 is 40.2. The van der Waals surface area contributed by atoms with Crippen LogP contribution in [0.4, 0.5) is 19.1 Å². The number of nitrogen functional groups attached to an aromatic ring is 1. The number of carboxylic acid groups (broad SMARTS) is 1. The lowest BCUT2D eigenvalue weighted by Crippen LogP contribution is -2.10. The third-order valence-corrected chi connectivity index (χ3v) is 4.39. The van der Waals surface area contributed by atoms with Gasteiger partial charge >= 0.3 is 12.1 Å². The van der Waals surface area contributed by atoms with E-state index in [-0.39, 0.29) is 23.6 Å². The molecule has 0 radical (unpaired) electrons. The fourth-order valence-electron chi connectivity index (χ4n) is 3.18. The summed E-state index contributed by atoms with van der Waals surface area (Å²) in [4.78, 5) is 22.9. The summed E-state index contributed by atoms with van der Waals surface area (Å²) in [5, 5.41) is 8.77. The van der Waals surface area contributed by atoms with E-state index in [0.717, 1.165) is 12.1 Å². The summed E-state index contributed by atoms with van der Waals surface area (Å²) in [6.45, 7) is 1.48. The van der Waals surface area contributed by atoms with E-state index in [1.165, 1.54) is 19.1 Å². The first-order valence-corrected chi connectivity index (χ1v) is 9.32. The first-order chi connectivity index (χ1) is 14.6. The molecule has 160 valence electrons. The number of anilines is 1. The second-order valence-corrected chi connectivity index (χ2v) is 6.78. The topological polar surface area (TPSA) is 102 Å². The number of hydrogen-bond donors (Lipinski definition) is 2. The fraction of sp³-hybridized carbons (Fsp3) is 0.182. The van der Waals surface area contributed by atoms with E-state index in [1.807, 2.05) is 6.07 Å². The number of carboxylic acids is 1. The zero-order chi connectivity index (χ0) is 22.6. The van der Waals surface area contributed by atoms with Crippen molar-refractivity contribution in [1.82, 2.24) is 15.0 Å². The number of pyridine rings is 1. The molecule has 3 rings (SSSR count). The molecule has 0 aliphatic rings. The molecule has 6 nitrogen and oxygen atoms in total. The zero-order valence-corrected chi connectivity index (χ0v) is 16.5. The van der Waals surface area contributed by atoms with E-state index in [2.05, 4.69) is 15.0 Å². The summed E-state index contributed by atoms with van der Waals surface area (Å²) in [6.07, 6.45) is -1.60. The van der Waals surface area contributed by atoms with Crippen molar-refractivity contribution in [3.63, 3.8) is 0 Å². The second-order valence-electron chi connectivity index (χ2n) is 6.78. The predicted molar refractivity (Wildman–Crippen MR) is 110 cm³/mol. The minimum Gasteiger partial charge on any atom is -0.478 e. The van der Waals surface area contributed by atoms with Crippen LogP contribution in [0.2, 0.25) is 0 Å². The molecule has 2 heterocycles. The Morgan fingerprint density at radius 1 is 1.10 bits per heavy atom. The van der Waals surface area contributed by atoms with Crippen molar-refractivity contribution in [2.75, 3.05) is 5.73 Å². The Morgan fingerprint density at radius 3 is 2.45 bits per heavy atom. The Labute approximate surface area is 176 Å². The number of nitrogens with zero attached hydrogens (tertiary/aromatic N) is 3. The Kier molecular flexibility index (Phi) is 6.33. The van der Waals surface area contributed by atoms with Gasteiger partial charge in [0, 0.05) is 22.9 Å². The average molecular weight is 428 g/mol. The lowest BCUT2D eigenvalue weighted by atomic mass is 9.95. The number of benzene rings is 1. The molecule has 0 saturated heterocycles. The summed E-state index contributed by atoms with van der Waals surface area (Å²) >= 11 is 0. The van der Waals surface area contributed by atoms with E-state index in [4.69, 9.17) is 10.8 Å². The normalized spacial score (nSPS) is 11.7. The minimum absolute atomic E-state index is 0.0263. The van der Waals surface area contributed by atoms with E-state index in [0.29, 0.717) is 28.9 Å². The highest BCUT2D eigenvalue weighted by atomic mass is 19.4. The summed E-state index contributed by atoms with van der Waals surface area (Å²) in [7, 11) is 0. The van der Waals surface area contributed by atoms with Crippen LogP contribution in [0.5, 0.6) is 0 Å². The van der Waals surface area contributed by atoms with Crippen molar-refractivity contribution in [1.29, 1.82) is 0 Å². The number of aromatic nitrogens is 3. The van der Waals surface area contributed by atoms with Gasteiger partial charge in [0.15, 0.2) is 0 Å². The maximum absolute atomic E-state index is 13.4. The molecule has 1 aromatic carbocycles. The Morgan fingerprint density at radius 2 is 1.81 bits per heavy atom. The summed E-state index contributed by atoms with van der Waals surface area (Å²) in [5.74, 6) is -1.12. The highest BCUT2D eigenvalue weighted by Gasteiger charge is 2.33. The first kappa shape index (κ1) is 21.9. The molecule has 0 atom stereocenters. The molecule has 9 heteroatoms. The number of allylic oxidation sites excluding steroid dienone is 1. The number of aliphatic carboxylic acids is 1. The SMILES string of the molecule is Cc1cc(-c2c(CCC=CC(=O)O)nc(N)nc2-c2ccccc2)cc(C(F)(F)F)n1. The van der Waals surface area contributed by atoms with E-state index >= 15 is 0 Å². The predicted octanol–water partition coefficient (Wildman–Crippen LogP) is 4.69. The third-order valence-electron chi connectivity index (χ3n) is 4.39. The maximum atomic E-state index is 13.4. The van der Waals surface area contributed by atoms with Gasteiger partial charge in [-0.25, -0.2) is 19.7 Å². The van der Waals surface area contributed by atoms with Crippen LogP contribution in [0.3, 0.4) is 0 Å². The van der Waals surface area contributed by atoms with Crippen molar-refractivity contribution >= 4 is 11.9 Å². The van der Waals surface area contributed by atoms with Gasteiger partial charge in [0.2, 0.25) is 5.95 Å². The quantitative estimate of drug-likeness (QED) is 0.553.